The number of ether oxygens (including phenoxy) is 1. The van der Waals surface area contributed by atoms with Gasteiger partial charge in [-0.1, -0.05) is 18.2 Å². The molecule has 5 heteroatoms. The Hall–Kier alpha value is -2.43. The molecule has 0 saturated heterocycles. The van der Waals surface area contributed by atoms with Crippen LogP contribution in [0.3, 0.4) is 0 Å². The van der Waals surface area contributed by atoms with E-state index in [2.05, 4.69) is 15.3 Å². The van der Waals surface area contributed by atoms with Crippen molar-refractivity contribution >= 4 is 11.6 Å². The summed E-state index contributed by atoms with van der Waals surface area (Å²) in [6.07, 6.45) is 4.62. The Morgan fingerprint density at radius 2 is 2.06 bits per heavy atom. The van der Waals surface area contributed by atoms with Crippen LogP contribution in [0.5, 0.6) is 5.75 Å². The molecule has 0 fully saturated rings. The van der Waals surface area contributed by atoms with Gasteiger partial charge >= 0.3 is 0 Å². The molecule has 0 saturated carbocycles. The second kappa shape index (κ2) is 4.44. The van der Waals surface area contributed by atoms with Crippen LogP contribution in [-0.4, -0.2) is 22.0 Å². The van der Waals surface area contributed by atoms with E-state index in [1.165, 1.54) is 6.33 Å². The van der Waals surface area contributed by atoms with Crippen molar-refractivity contribution in [3.05, 3.63) is 48.5 Å². The summed E-state index contributed by atoms with van der Waals surface area (Å²) in [4.78, 5) is 19.7. The SMILES string of the molecule is O=C(Nc1cncnc1)C1Cc2ccccc2O1. The highest BCUT2D eigenvalue weighted by Gasteiger charge is 2.28. The van der Waals surface area contributed by atoms with Crippen LogP contribution in [0.2, 0.25) is 0 Å². The fraction of sp³-hybridized carbons (Fsp3) is 0.154. The van der Waals surface area contributed by atoms with Crippen molar-refractivity contribution in [3.63, 3.8) is 0 Å². The standard InChI is InChI=1S/C13H11N3O2/c17-13(16-10-6-14-8-15-7-10)12-5-9-3-1-2-4-11(9)18-12/h1-4,6-8,12H,5H2,(H,16,17). The van der Waals surface area contributed by atoms with Gasteiger partial charge in [0.2, 0.25) is 0 Å². The second-order valence-electron chi connectivity index (χ2n) is 4.03. The quantitative estimate of drug-likeness (QED) is 0.863. The number of nitrogens with one attached hydrogen (secondary N) is 1. The van der Waals surface area contributed by atoms with Crippen LogP contribution in [0.15, 0.2) is 43.0 Å². The lowest BCUT2D eigenvalue weighted by atomic mass is 10.1. The number of benzene rings is 1. The van der Waals surface area contributed by atoms with Gasteiger partial charge in [0, 0.05) is 6.42 Å². The molecule has 1 aromatic carbocycles. The minimum atomic E-state index is -0.484. The Bertz CT molecular complexity index is 546. The number of fused-ring (bicyclic) bond motifs is 1. The lowest BCUT2D eigenvalue weighted by Gasteiger charge is -2.10. The number of nitrogens with zero attached hydrogens (tertiary/aromatic N) is 2. The first-order valence-corrected chi connectivity index (χ1v) is 5.63. The number of para-hydroxylation sites is 1. The number of carbonyl (C=O) groups excluding carboxylic acids is 1. The highest BCUT2D eigenvalue weighted by Crippen LogP contribution is 2.28. The number of hydrogen-bond acceptors (Lipinski definition) is 4. The number of anilines is 1. The summed E-state index contributed by atoms with van der Waals surface area (Å²) in [6.45, 7) is 0. The van der Waals surface area contributed by atoms with E-state index in [1.54, 1.807) is 12.4 Å². The molecule has 1 amide bonds. The number of carbonyl (C=O) groups is 1. The Morgan fingerprint density at radius 3 is 2.83 bits per heavy atom. The molecular weight excluding hydrogens is 230 g/mol. The van der Waals surface area contributed by atoms with Crippen LogP contribution >= 0.6 is 0 Å². The summed E-state index contributed by atoms with van der Waals surface area (Å²) in [5.41, 5.74) is 1.63. The average molecular weight is 241 g/mol. The third-order valence-electron chi connectivity index (χ3n) is 2.77. The van der Waals surface area contributed by atoms with Crippen molar-refractivity contribution in [1.29, 1.82) is 0 Å². The highest BCUT2D eigenvalue weighted by molar-refractivity contribution is 5.94. The minimum Gasteiger partial charge on any atom is -0.480 e. The van der Waals surface area contributed by atoms with Crippen LogP contribution in [0.4, 0.5) is 5.69 Å². The van der Waals surface area contributed by atoms with Crippen LogP contribution in [0.25, 0.3) is 0 Å². The van der Waals surface area contributed by atoms with Gasteiger partial charge in [-0.25, -0.2) is 9.97 Å². The highest BCUT2D eigenvalue weighted by atomic mass is 16.5. The molecule has 18 heavy (non-hydrogen) atoms. The predicted octanol–water partition coefficient (Wildman–Crippen LogP) is 1.42. The molecule has 90 valence electrons. The summed E-state index contributed by atoms with van der Waals surface area (Å²) < 4.78 is 5.59. The molecule has 1 atom stereocenters. The molecule has 3 rings (SSSR count). The van der Waals surface area contributed by atoms with Gasteiger partial charge in [0.25, 0.3) is 5.91 Å². The summed E-state index contributed by atoms with van der Waals surface area (Å²) in [7, 11) is 0. The summed E-state index contributed by atoms with van der Waals surface area (Å²) >= 11 is 0. The zero-order chi connectivity index (χ0) is 12.4. The molecule has 2 aromatic rings. The maximum absolute atomic E-state index is 12.0. The van der Waals surface area contributed by atoms with Crippen LogP contribution in [-0.2, 0) is 11.2 Å². The number of amides is 1. The third kappa shape index (κ3) is 2.02. The van der Waals surface area contributed by atoms with Crippen LogP contribution in [0, 0.1) is 0 Å². The van der Waals surface area contributed by atoms with E-state index < -0.39 is 6.10 Å². The Balaban J connectivity index is 1.70. The topological polar surface area (TPSA) is 64.1 Å². The predicted molar refractivity (Wildman–Crippen MR) is 65.2 cm³/mol. The molecule has 0 aliphatic carbocycles. The molecule has 5 nitrogen and oxygen atoms in total. The lowest BCUT2D eigenvalue weighted by molar-refractivity contribution is -0.122. The largest absolute Gasteiger partial charge is 0.480 e. The van der Waals surface area contributed by atoms with Gasteiger partial charge in [-0.3, -0.25) is 4.79 Å². The van der Waals surface area contributed by atoms with E-state index in [1.807, 2.05) is 24.3 Å². The maximum Gasteiger partial charge on any atom is 0.265 e. The molecule has 1 N–H and O–H groups in total. The smallest absolute Gasteiger partial charge is 0.265 e. The van der Waals surface area contributed by atoms with Crippen molar-refractivity contribution in [2.24, 2.45) is 0 Å². The van der Waals surface area contributed by atoms with Crippen molar-refractivity contribution in [3.8, 4) is 5.75 Å². The van der Waals surface area contributed by atoms with Gasteiger partial charge in [-0.05, 0) is 11.6 Å². The first-order valence-electron chi connectivity index (χ1n) is 5.63. The van der Waals surface area contributed by atoms with E-state index in [4.69, 9.17) is 4.74 Å². The van der Waals surface area contributed by atoms with E-state index in [0.29, 0.717) is 12.1 Å². The first-order chi connectivity index (χ1) is 8.83. The normalized spacial score (nSPS) is 16.8. The van der Waals surface area contributed by atoms with Crippen molar-refractivity contribution in [1.82, 2.24) is 9.97 Å². The third-order valence-corrected chi connectivity index (χ3v) is 2.77. The minimum absolute atomic E-state index is 0.180. The fourth-order valence-corrected chi connectivity index (χ4v) is 1.91. The molecule has 1 aliphatic heterocycles. The van der Waals surface area contributed by atoms with E-state index in [9.17, 15) is 4.79 Å². The summed E-state index contributed by atoms with van der Waals surface area (Å²) in [5.74, 6) is 0.600. The summed E-state index contributed by atoms with van der Waals surface area (Å²) in [5, 5.41) is 2.73. The second-order valence-corrected chi connectivity index (χ2v) is 4.03. The molecule has 0 bridgehead atoms. The molecule has 1 aromatic heterocycles. The average Bonchev–Trinajstić information content (AvgIpc) is 2.84. The summed E-state index contributed by atoms with van der Waals surface area (Å²) in [6, 6.07) is 7.67. The Kier molecular flexibility index (Phi) is 2.64. The zero-order valence-corrected chi connectivity index (χ0v) is 9.54. The molecular formula is C13H11N3O2. The molecule has 0 spiro atoms. The van der Waals surface area contributed by atoms with E-state index in [-0.39, 0.29) is 5.91 Å². The van der Waals surface area contributed by atoms with Crippen molar-refractivity contribution in [2.45, 2.75) is 12.5 Å². The Labute approximate surface area is 104 Å². The van der Waals surface area contributed by atoms with Crippen molar-refractivity contribution in [2.75, 3.05) is 5.32 Å². The van der Waals surface area contributed by atoms with E-state index in [0.717, 1.165) is 11.3 Å². The fourth-order valence-electron chi connectivity index (χ4n) is 1.91. The van der Waals surface area contributed by atoms with Crippen LogP contribution < -0.4 is 10.1 Å². The molecule has 2 heterocycles. The number of rotatable bonds is 2. The number of hydrogen-bond donors (Lipinski definition) is 1. The van der Waals surface area contributed by atoms with Gasteiger partial charge in [0.1, 0.15) is 12.1 Å². The van der Waals surface area contributed by atoms with Gasteiger partial charge in [0.15, 0.2) is 6.10 Å². The van der Waals surface area contributed by atoms with Gasteiger partial charge in [-0.2, -0.15) is 0 Å². The van der Waals surface area contributed by atoms with Crippen molar-refractivity contribution < 1.29 is 9.53 Å². The van der Waals surface area contributed by atoms with Gasteiger partial charge in [-0.15, -0.1) is 0 Å². The maximum atomic E-state index is 12.0. The Morgan fingerprint density at radius 1 is 1.28 bits per heavy atom. The van der Waals surface area contributed by atoms with Gasteiger partial charge in [0.05, 0.1) is 18.1 Å². The monoisotopic (exact) mass is 241 g/mol. The molecule has 1 aliphatic rings. The first kappa shape index (κ1) is 10.7. The molecule has 1 unspecified atom stereocenters. The van der Waals surface area contributed by atoms with E-state index >= 15 is 0 Å². The zero-order valence-electron chi connectivity index (χ0n) is 9.54. The van der Waals surface area contributed by atoms with Crippen LogP contribution in [0.1, 0.15) is 5.56 Å². The lowest BCUT2D eigenvalue weighted by Crippen LogP contribution is -2.31. The molecule has 0 radical (unpaired) electrons. The number of aromatic nitrogens is 2. The van der Waals surface area contributed by atoms with Gasteiger partial charge < -0.3 is 10.1 Å².